The van der Waals surface area contributed by atoms with Crippen molar-refractivity contribution in [2.75, 3.05) is 39.3 Å². The highest BCUT2D eigenvalue weighted by molar-refractivity contribution is 5.76. The van der Waals surface area contributed by atoms with Gasteiger partial charge < -0.3 is 15.5 Å². The van der Waals surface area contributed by atoms with Gasteiger partial charge in [-0.15, -0.1) is 0 Å². The minimum absolute atomic E-state index is 0.350. The maximum absolute atomic E-state index is 12.1. The molecule has 0 saturated carbocycles. The Morgan fingerprint density at radius 2 is 1.80 bits per heavy atom. The van der Waals surface area contributed by atoms with Gasteiger partial charge in [0.15, 0.2) is 0 Å². The van der Waals surface area contributed by atoms with E-state index in [2.05, 4.69) is 23.6 Å². The molecule has 4 nitrogen and oxygen atoms in total. The van der Waals surface area contributed by atoms with Crippen LogP contribution in [0.4, 0.5) is 0 Å². The summed E-state index contributed by atoms with van der Waals surface area (Å²) in [6.07, 6.45) is 6.17. The summed E-state index contributed by atoms with van der Waals surface area (Å²) >= 11 is 0. The minimum atomic E-state index is 0.350. The number of piperidine rings is 1. The van der Waals surface area contributed by atoms with Crippen LogP contribution in [0.15, 0.2) is 0 Å². The van der Waals surface area contributed by atoms with Crippen molar-refractivity contribution >= 4 is 5.91 Å². The predicted octanol–water partition coefficient (Wildman–Crippen LogP) is 2.09. The Balaban J connectivity index is 2.19. The Labute approximate surface area is 124 Å². The molecule has 20 heavy (non-hydrogen) atoms. The Kier molecular flexibility index (Phi) is 8.86. The second-order valence-corrected chi connectivity index (χ2v) is 5.91. The molecule has 1 amide bonds. The highest BCUT2D eigenvalue weighted by atomic mass is 16.2. The fraction of sp³-hybridized carbons (Fsp3) is 0.938. The Morgan fingerprint density at radius 3 is 2.35 bits per heavy atom. The summed E-state index contributed by atoms with van der Waals surface area (Å²) in [5, 5.41) is 0. The van der Waals surface area contributed by atoms with Crippen LogP contribution in [0.2, 0.25) is 0 Å². The van der Waals surface area contributed by atoms with E-state index in [0.717, 1.165) is 57.9 Å². The van der Waals surface area contributed by atoms with Crippen LogP contribution in [0.1, 0.15) is 52.4 Å². The van der Waals surface area contributed by atoms with Gasteiger partial charge in [-0.1, -0.05) is 20.3 Å². The number of nitrogens with zero attached hydrogens (tertiary/aromatic N) is 2. The molecule has 2 N–H and O–H groups in total. The van der Waals surface area contributed by atoms with E-state index in [0.29, 0.717) is 12.3 Å². The minimum Gasteiger partial charge on any atom is -0.343 e. The Hall–Kier alpha value is -0.610. The molecular formula is C16H33N3O. The monoisotopic (exact) mass is 283 g/mol. The molecule has 4 heteroatoms. The van der Waals surface area contributed by atoms with Crippen LogP contribution >= 0.6 is 0 Å². The Bertz CT molecular complexity index is 258. The van der Waals surface area contributed by atoms with Gasteiger partial charge in [-0.3, -0.25) is 4.79 Å². The summed E-state index contributed by atoms with van der Waals surface area (Å²) in [5.74, 6) is 1.12. The molecule has 0 aromatic carbocycles. The van der Waals surface area contributed by atoms with Crippen molar-refractivity contribution in [2.24, 2.45) is 11.7 Å². The normalized spacial score (nSPS) is 16.9. The van der Waals surface area contributed by atoms with Gasteiger partial charge >= 0.3 is 0 Å². The molecule has 1 saturated heterocycles. The lowest BCUT2D eigenvalue weighted by atomic mass is 9.95. The molecule has 1 heterocycles. The summed E-state index contributed by atoms with van der Waals surface area (Å²) in [5.41, 5.74) is 5.47. The lowest BCUT2D eigenvalue weighted by Crippen LogP contribution is -2.41. The average molecular weight is 283 g/mol. The standard InChI is InChI=1S/C16H33N3O/c1-3-18(4-2)14-15-9-12-19(13-10-15)16(20)8-6-5-7-11-17/h15H,3-14,17H2,1-2H3. The van der Waals surface area contributed by atoms with E-state index < -0.39 is 0 Å². The SMILES string of the molecule is CCN(CC)CC1CCN(C(=O)CCCCCN)CC1. The van der Waals surface area contributed by atoms with Gasteiger partial charge in [-0.25, -0.2) is 0 Å². The molecule has 118 valence electrons. The molecule has 0 radical (unpaired) electrons. The average Bonchev–Trinajstić information content (AvgIpc) is 2.49. The molecule has 0 unspecified atom stereocenters. The first-order valence-electron chi connectivity index (χ1n) is 8.41. The van der Waals surface area contributed by atoms with Crippen molar-refractivity contribution in [2.45, 2.75) is 52.4 Å². The topological polar surface area (TPSA) is 49.6 Å². The quantitative estimate of drug-likeness (QED) is 0.659. The second kappa shape index (κ2) is 10.2. The lowest BCUT2D eigenvalue weighted by Gasteiger charge is -2.34. The van der Waals surface area contributed by atoms with E-state index in [1.54, 1.807) is 0 Å². The number of rotatable bonds is 9. The van der Waals surface area contributed by atoms with Crippen LogP contribution in [-0.4, -0.2) is 55.0 Å². The molecule has 1 rings (SSSR count). The Morgan fingerprint density at radius 1 is 1.15 bits per heavy atom. The van der Waals surface area contributed by atoms with Gasteiger partial charge in [0, 0.05) is 26.1 Å². The van der Waals surface area contributed by atoms with Crippen LogP contribution in [-0.2, 0) is 4.79 Å². The molecule has 0 spiro atoms. The van der Waals surface area contributed by atoms with E-state index in [-0.39, 0.29) is 0 Å². The number of hydrogen-bond acceptors (Lipinski definition) is 3. The van der Waals surface area contributed by atoms with E-state index in [4.69, 9.17) is 5.73 Å². The third-order valence-electron chi connectivity index (χ3n) is 4.47. The highest BCUT2D eigenvalue weighted by Crippen LogP contribution is 2.19. The zero-order valence-electron chi connectivity index (χ0n) is 13.4. The number of hydrogen-bond donors (Lipinski definition) is 1. The largest absolute Gasteiger partial charge is 0.343 e. The number of amides is 1. The predicted molar refractivity (Wildman–Crippen MR) is 84.6 cm³/mol. The smallest absolute Gasteiger partial charge is 0.222 e. The molecule has 1 aliphatic rings. The van der Waals surface area contributed by atoms with Crippen LogP contribution in [0.25, 0.3) is 0 Å². The van der Waals surface area contributed by atoms with Crippen molar-refractivity contribution in [3.8, 4) is 0 Å². The van der Waals surface area contributed by atoms with E-state index in [1.807, 2.05) is 0 Å². The van der Waals surface area contributed by atoms with Gasteiger partial charge in [0.1, 0.15) is 0 Å². The lowest BCUT2D eigenvalue weighted by molar-refractivity contribution is -0.132. The first kappa shape index (κ1) is 17.4. The molecule has 0 aromatic rings. The molecule has 0 bridgehead atoms. The fourth-order valence-electron chi connectivity index (χ4n) is 2.97. The van der Waals surface area contributed by atoms with Gasteiger partial charge in [0.2, 0.25) is 5.91 Å². The van der Waals surface area contributed by atoms with Crippen LogP contribution < -0.4 is 5.73 Å². The van der Waals surface area contributed by atoms with Gasteiger partial charge in [-0.05, 0) is 51.2 Å². The molecule has 0 aliphatic carbocycles. The molecule has 0 atom stereocenters. The van der Waals surface area contributed by atoms with Crippen LogP contribution in [0, 0.1) is 5.92 Å². The van der Waals surface area contributed by atoms with E-state index >= 15 is 0 Å². The fourth-order valence-corrected chi connectivity index (χ4v) is 2.97. The molecule has 1 fully saturated rings. The van der Waals surface area contributed by atoms with Crippen molar-refractivity contribution in [1.29, 1.82) is 0 Å². The number of carbonyl (C=O) groups excluding carboxylic acids is 1. The van der Waals surface area contributed by atoms with E-state index in [1.165, 1.54) is 19.4 Å². The zero-order valence-corrected chi connectivity index (χ0v) is 13.4. The summed E-state index contributed by atoms with van der Waals surface area (Å²) in [6, 6.07) is 0. The first-order chi connectivity index (χ1) is 9.71. The van der Waals surface area contributed by atoms with Crippen molar-refractivity contribution in [1.82, 2.24) is 9.80 Å². The summed E-state index contributed by atoms with van der Waals surface area (Å²) in [6.45, 7) is 10.6. The maximum Gasteiger partial charge on any atom is 0.222 e. The maximum atomic E-state index is 12.1. The van der Waals surface area contributed by atoms with Gasteiger partial charge in [0.25, 0.3) is 0 Å². The molecule has 1 aliphatic heterocycles. The highest BCUT2D eigenvalue weighted by Gasteiger charge is 2.23. The number of nitrogens with two attached hydrogens (primary N) is 1. The van der Waals surface area contributed by atoms with Crippen LogP contribution in [0.3, 0.4) is 0 Å². The number of carbonyl (C=O) groups is 1. The summed E-state index contributed by atoms with van der Waals surface area (Å²) in [7, 11) is 0. The van der Waals surface area contributed by atoms with Crippen molar-refractivity contribution in [3.05, 3.63) is 0 Å². The molecular weight excluding hydrogens is 250 g/mol. The first-order valence-corrected chi connectivity index (χ1v) is 8.41. The second-order valence-electron chi connectivity index (χ2n) is 5.91. The third-order valence-corrected chi connectivity index (χ3v) is 4.47. The van der Waals surface area contributed by atoms with Gasteiger partial charge in [-0.2, -0.15) is 0 Å². The van der Waals surface area contributed by atoms with Gasteiger partial charge in [0.05, 0.1) is 0 Å². The summed E-state index contributed by atoms with van der Waals surface area (Å²) in [4.78, 5) is 16.7. The molecule has 0 aromatic heterocycles. The van der Waals surface area contributed by atoms with Crippen LogP contribution in [0.5, 0.6) is 0 Å². The number of unbranched alkanes of at least 4 members (excludes halogenated alkanes) is 2. The number of likely N-dealkylation sites (tertiary alicyclic amines) is 1. The van der Waals surface area contributed by atoms with E-state index in [9.17, 15) is 4.79 Å². The van der Waals surface area contributed by atoms with Crippen molar-refractivity contribution < 1.29 is 4.79 Å². The summed E-state index contributed by atoms with van der Waals surface area (Å²) < 4.78 is 0. The third kappa shape index (κ3) is 6.23. The zero-order chi connectivity index (χ0) is 14.8. The van der Waals surface area contributed by atoms with Crippen molar-refractivity contribution in [3.63, 3.8) is 0 Å².